The Labute approximate surface area is 110 Å². The van der Waals surface area contributed by atoms with Crippen LogP contribution in [0.2, 0.25) is 0 Å². The van der Waals surface area contributed by atoms with Crippen molar-refractivity contribution in [3.63, 3.8) is 0 Å². The smallest absolute Gasteiger partial charge is 0.0478 e. The summed E-state index contributed by atoms with van der Waals surface area (Å²) in [5, 5.41) is 0. The predicted molar refractivity (Wildman–Crippen MR) is 76.6 cm³/mol. The normalized spacial score (nSPS) is 14.1. The maximum absolute atomic E-state index is 4.54. The van der Waals surface area contributed by atoms with Crippen LogP contribution in [0.5, 0.6) is 0 Å². The van der Waals surface area contributed by atoms with Crippen molar-refractivity contribution in [1.29, 1.82) is 0 Å². The van der Waals surface area contributed by atoms with Gasteiger partial charge in [0.1, 0.15) is 0 Å². The predicted octanol–water partition coefficient (Wildman–Crippen LogP) is 4.65. The molecular weight excluding hydrogens is 218 g/mol. The zero-order valence-electron chi connectivity index (χ0n) is 11.2. The van der Waals surface area contributed by atoms with E-state index in [-0.39, 0.29) is 0 Å². The molecule has 0 bridgehead atoms. The van der Waals surface area contributed by atoms with E-state index in [9.17, 15) is 0 Å². The number of benzene rings is 1. The molecule has 2 aromatic rings. The van der Waals surface area contributed by atoms with Crippen LogP contribution in [0.15, 0.2) is 54.7 Å². The maximum atomic E-state index is 4.54. The first-order valence-corrected chi connectivity index (χ1v) is 6.77. The molecule has 18 heavy (non-hydrogen) atoms. The number of hydrogen-bond acceptors (Lipinski definition) is 1. The van der Waals surface area contributed by atoms with Crippen molar-refractivity contribution in [2.24, 2.45) is 5.92 Å². The van der Waals surface area contributed by atoms with Crippen LogP contribution in [0.4, 0.5) is 0 Å². The third-order valence-electron chi connectivity index (χ3n) is 3.58. The van der Waals surface area contributed by atoms with Gasteiger partial charge in [-0.1, -0.05) is 56.7 Å². The fourth-order valence-corrected chi connectivity index (χ4v) is 2.26. The highest BCUT2D eigenvalue weighted by Gasteiger charge is 2.17. The van der Waals surface area contributed by atoms with Crippen molar-refractivity contribution >= 4 is 0 Å². The van der Waals surface area contributed by atoms with Crippen LogP contribution in [-0.2, 0) is 0 Å². The van der Waals surface area contributed by atoms with Crippen molar-refractivity contribution in [3.05, 3.63) is 66.0 Å². The second-order valence-corrected chi connectivity index (χ2v) is 4.97. The molecule has 2 atom stereocenters. The summed E-state index contributed by atoms with van der Waals surface area (Å²) in [4.78, 5) is 4.54. The van der Waals surface area contributed by atoms with E-state index in [0.29, 0.717) is 5.92 Å². The Morgan fingerprint density at radius 2 is 1.72 bits per heavy atom. The van der Waals surface area contributed by atoms with E-state index in [4.69, 9.17) is 0 Å². The molecule has 0 fully saturated rings. The van der Waals surface area contributed by atoms with Crippen molar-refractivity contribution in [3.8, 4) is 0 Å². The minimum Gasteiger partial charge on any atom is -0.261 e. The Bertz CT molecular complexity index is 410. The third-order valence-corrected chi connectivity index (χ3v) is 3.58. The van der Waals surface area contributed by atoms with E-state index in [1.165, 1.54) is 17.7 Å². The van der Waals surface area contributed by atoms with Crippen LogP contribution in [0.1, 0.15) is 43.9 Å². The molecule has 0 aliphatic carbocycles. The van der Waals surface area contributed by atoms with Gasteiger partial charge < -0.3 is 0 Å². The fourth-order valence-electron chi connectivity index (χ4n) is 2.26. The van der Waals surface area contributed by atoms with Gasteiger partial charge in [0.05, 0.1) is 0 Å². The van der Waals surface area contributed by atoms with Gasteiger partial charge in [-0.3, -0.25) is 4.98 Å². The summed E-state index contributed by atoms with van der Waals surface area (Å²) < 4.78 is 0. The summed E-state index contributed by atoms with van der Waals surface area (Å²) in [6.07, 6.45) is 4.27. The third kappa shape index (κ3) is 3.19. The topological polar surface area (TPSA) is 12.9 Å². The molecule has 2 rings (SSSR count). The first-order valence-electron chi connectivity index (χ1n) is 6.77. The Balaban J connectivity index is 2.29. The Kier molecular flexibility index (Phi) is 4.52. The van der Waals surface area contributed by atoms with E-state index < -0.39 is 0 Å². The molecule has 1 heteroatoms. The molecule has 0 amide bonds. The lowest BCUT2D eigenvalue weighted by molar-refractivity contribution is 0.480. The van der Waals surface area contributed by atoms with Gasteiger partial charge >= 0.3 is 0 Å². The molecule has 1 aromatic heterocycles. The molecule has 1 nitrogen and oxygen atoms in total. The van der Waals surface area contributed by atoms with Crippen molar-refractivity contribution in [2.45, 2.75) is 32.6 Å². The molecule has 0 saturated carbocycles. The highest BCUT2D eigenvalue weighted by atomic mass is 14.7. The zero-order valence-corrected chi connectivity index (χ0v) is 11.2. The molecule has 0 N–H and O–H groups in total. The largest absolute Gasteiger partial charge is 0.261 e. The van der Waals surface area contributed by atoms with Gasteiger partial charge in [-0.25, -0.2) is 0 Å². The zero-order chi connectivity index (χ0) is 12.8. The van der Waals surface area contributed by atoms with Crippen LogP contribution in [0.25, 0.3) is 0 Å². The minimum atomic E-state index is 0.419. The van der Waals surface area contributed by atoms with Crippen LogP contribution in [0, 0.1) is 5.92 Å². The molecule has 1 heterocycles. The Morgan fingerprint density at radius 3 is 2.33 bits per heavy atom. The van der Waals surface area contributed by atoms with E-state index in [2.05, 4.69) is 61.3 Å². The van der Waals surface area contributed by atoms with Crippen molar-refractivity contribution < 1.29 is 0 Å². The second-order valence-electron chi connectivity index (χ2n) is 4.97. The Hall–Kier alpha value is -1.63. The molecule has 0 aliphatic heterocycles. The van der Waals surface area contributed by atoms with Gasteiger partial charge in [0.15, 0.2) is 0 Å². The summed E-state index contributed by atoms with van der Waals surface area (Å²) in [6.45, 7) is 4.57. The van der Waals surface area contributed by atoms with Crippen LogP contribution >= 0.6 is 0 Å². The number of pyridine rings is 1. The summed E-state index contributed by atoms with van der Waals surface area (Å²) >= 11 is 0. The van der Waals surface area contributed by atoms with Crippen LogP contribution in [0.3, 0.4) is 0 Å². The maximum Gasteiger partial charge on any atom is 0.0478 e. The SMILES string of the molecule is CCC(C)CC(c1ccccc1)c1ccccn1. The minimum absolute atomic E-state index is 0.419. The lowest BCUT2D eigenvalue weighted by Gasteiger charge is -2.20. The van der Waals surface area contributed by atoms with Crippen molar-refractivity contribution in [1.82, 2.24) is 4.98 Å². The first-order chi connectivity index (χ1) is 8.81. The highest BCUT2D eigenvalue weighted by molar-refractivity contribution is 5.28. The monoisotopic (exact) mass is 239 g/mol. The highest BCUT2D eigenvalue weighted by Crippen LogP contribution is 2.30. The lowest BCUT2D eigenvalue weighted by atomic mass is 9.86. The first kappa shape index (κ1) is 12.8. The summed E-state index contributed by atoms with van der Waals surface area (Å²) in [6, 6.07) is 16.9. The fraction of sp³-hybridized carbons (Fsp3) is 0.353. The van der Waals surface area contributed by atoms with Gasteiger partial charge in [-0.15, -0.1) is 0 Å². The number of aromatic nitrogens is 1. The molecule has 0 aliphatic rings. The van der Waals surface area contributed by atoms with Crippen LogP contribution in [-0.4, -0.2) is 4.98 Å². The summed E-state index contributed by atoms with van der Waals surface area (Å²) in [7, 11) is 0. The van der Waals surface area contributed by atoms with E-state index in [1.807, 2.05) is 12.3 Å². The van der Waals surface area contributed by atoms with E-state index in [0.717, 1.165) is 12.3 Å². The number of rotatable bonds is 5. The Morgan fingerprint density at radius 1 is 1.00 bits per heavy atom. The van der Waals surface area contributed by atoms with Crippen LogP contribution < -0.4 is 0 Å². The van der Waals surface area contributed by atoms with Crippen molar-refractivity contribution in [2.75, 3.05) is 0 Å². The quantitative estimate of drug-likeness (QED) is 0.740. The molecule has 0 spiro atoms. The average molecular weight is 239 g/mol. The molecular formula is C17H21N. The summed E-state index contributed by atoms with van der Waals surface area (Å²) in [5.74, 6) is 1.14. The van der Waals surface area contributed by atoms with Gasteiger partial charge in [-0.2, -0.15) is 0 Å². The molecule has 2 unspecified atom stereocenters. The molecule has 0 radical (unpaired) electrons. The molecule has 1 aromatic carbocycles. The standard InChI is InChI=1S/C17H21N/c1-3-14(2)13-16(15-9-5-4-6-10-15)17-11-7-8-12-18-17/h4-12,14,16H,3,13H2,1-2H3. The van der Waals surface area contributed by atoms with Gasteiger partial charge in [0, 0.05) is 17.8 Å². The average Bonchev–Trinajstić information content (AvgIpc) is 2.46. The van der Waals surface area contributed by atoms with E-state index in [1.54, 1.807) is 0 Å². The molecule has 94 valence electrons. The second kappa shape index (κ2) is 6.34. The lowest BCUT2D eigenvalue weighted by Crippen LogP contribution is -2.08. The van der Waals surface area contributed by atoms with Gasteiger partial charge in [-0.05, 0) is 30.0 Å². The number of hydrogen-bond donors (Lipinski definition) is 0. The molecule has 0 saturated heterocycles. The van der Waals surface area contributed by atoms with Gasteiger partial charge in [0.25, 0.3) is 0 Å². The number of nitrogens with zero attached hydrogens (tertiary/aromatic N) is 1. The summed E-state index contributed by atoms with van der Waals surface area (Å²) in [5.41, 5.74) is 2.56. The van der Waals surface area contributed by atoms with E-state index >= 15 is 0 Å². The van der Waals surface area contributed by atoms with Gasteiger partial charge in [0.2, 0.25) is 0 Å².